The molecular weight excluding hydrogens is 432 g/mol. The highest BCUT2D eigenvalue weighted by Crippen LogP contribution is 2.20. The fourth-order valence-corrected chi connectivity index (χ4v) is 3.28. The summed E-state index contributed by atoms with van der Waals surface area (Å²) < 4.78 is 5.12. The average Bonchev–Trinajstić information content (AvgIpc) is 3.21. The Labute approximate surface area is 185 Å². The molecule has 2 rings (SSSR count). The standard InChI is InChI=1S/C19H26N4O7.ClH/c20-10-2-1-4-15(17(24)22-11-3-5-16(22)18(25)26)21-19(27)30-12-13-6-8-14(9-7-13)23(28)29;/h6-9,15-16H,1-5,10-12,20H2,(H,21,27)(H,25,26);1H/t15-,16-;/m0./s1. The van der Waals surface area contributed by atoms with E-state index in [0.29, 0.717) is 50.8 Å². The Morgan fingerprint density at radius 1 is 1.29 bits per heavy atom. The van der Waals surface area contributed by atoms with E-state index >= 15 is 0 Å². The van der Waals surface area contributed by atoms with Gasteiger partial charge < -0.3 is 25.8 Å². The maximum Gasteiger partial charge on any atom is 0.408 e. The third-order valence-corrected chi connectivity index (χ3v) is 4.88. The molecule has 2 amide bonds. The van der Waals surface area contributed by atoms with Crippen LogP contribution in [0.4, 0.5) is 10.5 Å². The van der Waals surface area contributed by atoms with Crippen LogP contribution >= 0.6 is 12.4 Å². The summed E-state index contributed by atoms with van der Waals surface area (Å²) in [6.07, 6.45) is 1.69. The van der Waals surface area contributed by atoms with Crippen molar-refractivity contribution in [3.63, 3.8) is 0 Å². The first-order chi connectivity index (χ1) is 14.3. The van der Waals surface area contributed by atoms with E-state index in [4.69, 9.17) is 10.5 Å². The zero-order valence-corrected chi connectivity index (χ0v) is 17.7. The van der Waals surface area contributed by atoms with Gasteiger partial charge in [0.2, 0.25) is 5.91 Å². The quantitative estimate of drug-likeness (QED) is 0.271. The van der Waals surface area contributed by atoms with E-state index in [9.17, 15) is 29.6 Å². The van der Waals surface area contributed by atoms with Gasteiger partial charge in [0.05, 0.1) is 4.92 Å². The molecule has 0 saturated carbocycles. The Balaban J connectivity index is 0.00000480. The molecule has 0 spiro atoms. The number of carboxylic acids is 1. The smallest absolute Gasteiger partial charge is 0.408 e. The lowest BCUT2D eigenvalue weighted by Gasteiger charge is -2.27. The number of carbonyl (C=O) groups excluding carboxylic acids is 2. The molecule has 11 nitrogen and oxygen atoms in total. The van der Waals surface area contributed by atoms with Gasteiger partial charge in [-0.25, -0.2) is 9.59 Å². The molecule has 1 saturated heterocycles. The number of benzene rings is 1. The van der Waals surface area contributed by atoms with Crippen molar-refractivity contribution in [1.82, 2.24) is 10.2 Å². The number of hydrogen-bond donors (Lipinski definition) is 3. The second kappa shape index (κ2) is 12.7. The highest BCUT2D eigenvalue weighted by Gasteiger charge is 2.37. The molecular formula is C19H27ClN4O7. The Bertz CT molecular complexity index is 775. The Hall–Kier alpha value is -2.92. The number of alkyl carbamates (subject to hydrolysis) is 1. The molecule has 0 radical (unpaired) electrons. The van der Waals surface area contributed by atoms with E-state index in [2.05, 4.69) is 5.32 Å². The molecule has 2 atom stereocenters. The Morgan fingerprint density at radius 3 is 2.55 bits per heavy atom. The molecule has 1 heterocycles. The number of nitro groups is 1. The third-order valence-electron chi connectivity index (χ3n) is 4.88. The highest BCUT2D eigenvalue weighted by molar-refractivity contribution is 5.89. The number of carboxylic acid groups (broad SMARTS) is 1. The first-order valence-corrected chi connectivity index (χ1v) is 9.73. The second-order valence-electron chi connectivity index (χ2n) is 7.01. The molecule has 1 aromatic rings. The Morgan fingerprint density at radius 2 is 1.97 bits per heavy atom. The molecule has 1 aromatic carbocycles. The lowest BCUT2D eigenvalue weighted by atomic mass is 10.1. The maximum atomic E-state index is 12.9. The van der Waals surface area contributed by atoms with Crippen LogP contribution in [0.25, 0.3) is 0 Å². The molecule has 0 aromatic heterocycles. The monoisotopic (exact) mass is 458 g/mol. The van der Waals surface area contributed by atoms with Crippen molar-refractivity contribution in [2.45, 2.75) is 50.8 Å². The van der Waals surface area contributed by atoms with Crippen LogP contribution in [-0.2, 0) is 20.9 Å². The summed E-state index contributed by atoms with van der Waals surface area (Å²) in [5.41, 5.74) is 5.96. The third kappa shape index (κ3) is 7.68. The maximum absolute atomic E-state index is 12.9. The number of nitrogens with two attached hydrogens (primary N) is 1. The van der Waals surface area contributed by atoms with Gasteiger partial charge in [0.15, 0.2) is 0 Å². The lowest BCUT2D eigenvalue weighted by Crippen LogP contribution is -2.51. The minimum Gasteiger partial charge on any atom is -0.480 e. The SMILES string of the molecule is Cl.NCCCC[C@H](NC(=O)OCc1ccc([N+](=O)[O-])cc1)C(=O)N1CCC[C@H]1C(=O)O. The zero-order chi connectivity index (χ0) is 22.1. The summed E-state index contributed by atoms with van der Waals surface area (Å²) in [7, 11) is 0. The van der Waals surface area contributed by atoms with Crippen molar-refractivity contribution in [3.8, 4) is 0 Å². The molecule has 1 aliphatic heterocycles. The molecule has 31 heavy (non-hydrogen) atoms. The highest BCUT2D eigenvalue weighted by atomic mass is 35.5. The number of amides is 2. The number of carbonyl (C=O) groups is 3. The van der Waals surface area contributed by atoms with Crippen LogP contribution in [0.1, 0.15) is 37.7 Å². The molecule has 1 fully saturated rings. The summed E-state index contributed by atoms with van der Waals surface area (Å²) in [6.45, 7) is 0.630. The van der Waals surface area contributed by atoms with E-state index in [1.54, 1.807) is 0 Å². The van der Waals surface area contributed by atoms with E-state index in [-0.39, 0.29) is 24.7 Å². The minimum atomic E-state index is -1.07. The number of likely N-dealkylation sites (tertiary alicyclic amines) is 1. The van der Waals surface area contributed by atoms with Crippen LogP contribution in [0.5, 0.6) is 0 Å². The zero-order valence-electron chi connectivity index (χ0n) is 16.9. The number of ether oxygens (including phenoxy) is 1. The molecule has 0 bridgehead atoms. The van der Waals surface area contributed by atoms with Gasteiger partial charge in [-0.3, -0.25) is 14.9 Å². The molecule has 12 heteroatoms. The second-order valence-corrected chi connectivity index (χ2v) is 7.01. The van der Waals surface area contributed by atoms with Crippen LogP contribution < -0.4 is 11.1 Å². The number of nitro benzene ring substituents is 1. The fraction of sp³-hybridized carbons (Fsp3) is 0.526. The van der Waals surface area contributed by atoms with Gasteiger partial charge in [-0.05, 0) is 56.3 Å². The van der Waals surface area contributed by atoms with Gasteiger partial charge in [0, 0.05) is 18.7 Å². The summed E-state index contributed by atoms with van der Waals surface area (Å²) in [6, 6.07) is 3.73. The van der Waals surface area contributed by atoms with E-state index < -0.39 is 35.0 Å². The number of halogens is 1. The minimum absolute atomic E-state index is 0. The first kappa shape index (κ1) is 26.1. The van der Waals surface area contributed by atoms with Crippen molar-refractivity contribution >= 4 is 36.1 Å². The molecule has 0 unspecified atom stereocenters. The summed E-state index contributed by atoms with van der Waals surface area (Å²) in [5.74, 6) is -1.52. The number of nitrogens with one attached hydrogen (secondary N) is 1. The molecule has 4 N–H and O–H groups in total. The number of nitrogens with zero attached hydrogens (tertiary/aromatic N) is 2. The van der Waals surface area contributed by atoms with Crippen LogP contribution in [0.2, 0.25) is 0 Å². The van der Waals surface area contributed by atoms with Crippen molar-refractivity contribution in [2.24, 2.45) is 5.73 Å². The van der Waals surface area contributed by atoms with Crippen molar-refractivity contribution in [1.29, 1.82) is 0 Å². The summed E-state index contributed by atoms with van der Waals surface area (Å²) in [5, 5.41) is 22.5. The van der Waals surface area contributed by atoms with Gasteiger partial charge >= 0.3 is 12.1 Å². The largest absolute Gasteiger partial charge is 0.480 e. The van der Waals surface area contributed by atoms with Gasteiger partial charge in [0.1, 0.15) is 18.7 Å². The summed E-state index contributed by atoms with van der Waals surface area (Å²) >= 11 is 0. The van der Waals surface area contributed by atoms with Crippen molar-refractivity contribution in [3.05, 3.63) is 39.9 Å². The van der Waals surface area contributed by atoms with E-state index in [1.807, 2.05) is 0 Å². The predicted octanol–water partition coefficient (Wildman–Crippen LogP) is 1.82. The van der Waals surface area contributed by atoms with Gasteiger partial charge in [0.25, 0.3) is 5.69 Å². The predicted molar refractivity (Wildman–Crippen MR) is 113 cm³/mol. The van der Waals surface area contributed by atoms with E-state index in [1.165, 1.54) is 29.2 Å². The van der Waals surface area contributed by atoms with Gasteiger partial charge in [-0.1, -0.05) is 0 Å². The van der Waals surface area contributed by atoms with Crippen LogP contribution in [0.15, 0.2) is 24.3 Å². The number of non-ortho nitro benzene ring substituents is 1. The average molecular weight is 459 g/mol. The van der Waals surface area contributed by atoms with E-state index in [0.717, 1.165) is 0 Å². The molecule has 1 aliphatic rings. The first-order valence-electron chi connectivity index (χ1n) is 9.73. The lowest BCUT2D eigenvalue weighted by molar-refractivity contribution is -0.384. The molecule has 0 aliphatic carbocycles. The number of hydrogen-bond acceptors (Lipinski definition) is 7. The number of rotatable bonds is 10. The Kier molecular flexibility index (Phi) is 10.7. The number of unbranched alkanes of at least 4 members (excludes halogenated alkanes) is 1. The summed E-state index contributed by atoms with van der Waals surface area (Å²) in [4.78, 5) is 47.9. The topological polar surface area (TPSA) is 165 Å². The number of aliphatic carboxylic acids is 1. The van der Waals surface area contributed by atoms with Crippen LogP contribution in [-0.4, -0.2) is 58.1 Å². The van der Waals surface area contributed by atoms with Crippen molar-refractivity contribution < 1.29 is 29.2 Å². The van der Waals surface area contributed by atoms with Crippen molar-refractivity contribution in [2.75, 3.05) is 13.1 Å². The van der Waals surface area contributed by atoms with Gasteiger partial charge in [-0.2, -0.15) is 0 Å². The van der Waals surface area contributed by atoms with Crippen LogP contribution in [0.3, 0.4) is 0 Å². The fourth-order valence-electron chi connectivity index (χ4n) is 3.28. The van der Waals surface area contributed by atoms with Crippen LogP contribution in [0, 0.1) is 10.1 Å². The van der Waals surface area contributed by atoms with Gasteiger partial charge in [-0.15, -0.1) is 12.4 Å². The molecule has 172 valence electrons. The normalized spacial score (nSPS) is 16.2.